The molecule has 0 saturated carbocycles. The number of hydrogen-bond donors (Lipinski definition) is 1. The van der Waals surface area contributed by atoms with E-state index in [1.165, 1.54) is 10.4 Å². The van der Waals surface area contributed by atoms with Gasteiger partial charge in [-0.05, 0) is 34.8 Å². The number of piperidine rings is 1. The van der Waals surface area contributed by atoms with E-state index in [1.807, 2.05) is 0 Å². The van der Waals surface area contributed by atoms with Crippen molar-refractivity contribution in [3.8, 4) is 11.5 Å². The fraction of sp³-hybridized carbons (Fsp3) is 0.538. The van der Waals surface area contributed by atoms with Crippen molar-refractivity contribution in [2.24, 2.45) is 5.73 Å². The van der Waals surface area contributed by atoms with Crippen LogP contribution in [0.25, 0.3) is 0 Å². The molecule has 6 nitrogen and oxygen atoms in total. The predicted molar refractivity (Wildman–Crippen MR) is 88.3 cm³/mol. The summed E-state index contributed by atoms with van der Waals surface area (Å²) in [6.07, 6.45) is 1.36. The standard InChI is InChI=1S/C13H17BrN2O4S.ClH/c14-10-7-11-12(20-6-5-19-11)8-13(10)21(17,18)16-3-1-9(15)2-4-16;/h7-9H,1-6,15H2;1H. The first-order valence-corrected chi connectivity index (χ1v) is 9.06. The van der Waals surface area contributed by atoms with Crippen molar-refractivity contribution in [1.29, 1.82) is 0 Å². The highest BCUT2D eigenvalue weighted by Crippen LogP contribution is 2.38. The van der Waals surface area contributed by atoms with Gasteiger partial charge in [0, 0.05) is 29.7 Å². The van der Waals surface area contributed by atoms with Gasteiger partial charge < -0.3 is 15.2 Å². The minimum absolute atomic E-state index is 0. The van der Waals surface area contributed by atoms with E-state index >= 15 is 0 Å². The van der Waals surface area contributed by atoms with Gasteiger partial charge in [-0.15, -0.1) is 12.4 Å². The summed E-state index contributed by atoms with van der Waals surface area (Å²) >= 11 is 3.32. The van der Waals surface area contributed by atoms with Crippen molar-refractivity contribution in [3.63, 3.8) is 0 Å². The molecule has 1 aromatic carbocycles. The van der Waals surface area contributed by atoms with E-state index in [0.29, 0.717) is 55.1 Å². The molecule has 1 aromatic rings. The molecular weight excluding hydrogens is 396 g/mol. The van der Waals surface area contributed by atoms with E-state index in [0.717, 1.165) is 0 Å². The van der Waals surface area contributed by atoms with Gasteiger partial charge >= 0.3 is 0 Å². The lowest BCUT2D eigenvalue weighted by atomic mass is 10.1. The highest BCUT2D eigenvalue weighted by molar-refractivity contribution is 9.10. The lowest BCUT2D eigenvalue weighted by molar-refractivity contribution is 0.171. The van der Waals surface area contributed by atoms with Crippen LogP contribution in [0, 0.1) is 0 Å². The Kier molecular flexibility index (Phi) is 5.60. The third-order valence-electron chi connectivity index (χ3n) is 3.71. The topological polar surface area (TPSA) is 81.9 Å². The van der Waals surface area contributed by atoms with E-state index in [2.05, 4.69) is 15.9 Å². The second-order valence-electron chi connectivity index (χ2n) is 5.17. The molecule has 0 amide bonds. The molecule has 0 radical (unpaired) electrons. The summed E-state index contributed by atoms with van der Waals surface area (Å²) in [4.78, 5) is 0.210. The Balaban J connectivity index is 0.00000176. The molecular formula is C13H18BrClN2O4S. The molecule has 9 heteroatoms. The molecule has 1 saturated heterocycles. The number of fused-ring (bicyclic) bond motifs is 1. The van der Waals surface area contributed by atoms with Crippen molar-refractivity contribution in [3.05, 3.63) is 16.6 Å². The monoisotopic (exact) mass is 412 g/mol. The first kappa shape index (κ1) is 17.8. The van der Waals surface area contributed by atoms with Crippen molar-refractivity contribution >= 4 is 38.4 Å². The number of benzene rings is 1. The molecule has 2 N–H and O–H groups in total. The maximum absolute atomic E-state index is 12.8. The molecule has 124 valence electrons. The number of nitrogens with two attached hydrogens (primary N) is 1. The molecule has 2 heterocycles. The van der Waals surface area contributed by atoms with Crippen molar-refractivity contribution in [2.45, 2.75) is 23.8 Å². The van der Waals surface area contributed by atoms with Crippen LogP contribution in [0.1, 0.15) is 12.8 Å². The molecule has 0 aliphatic carbocycles. The Morgan fingerprint density at radius 2 is 1.68 bits per heavy atom. The normalized spacial score (nSPS) is 19.5. The SMILES string of the molecule is Cl.NC1CCN(S(=O)(=O)c2cc3c(cc2Br)OCCO3)CC1. The van der Waals surface area contributed by atoms with Crippen LogP contribution in [-0.2, 0) is 10.0 Å². The minimum Gasteiger partial charge on any atom is -0.486 e. The molecule has 22 heavy (non-hydrogen) atoms. The summed E-state index contributed by atoms with van der Waals surface area (Å²) in [6, 6.07) is 3.26. The Labute approximate surface area is 144 Å². The molecule has 0 unspecified atom stereocenters. The van der Waals surface area contributed by atoms with Gasteiger partial charge in [0.05, 0.1) is 0 Å². The van der Waals surface area contributed by atoms with Gasteiger partial charge in [-0.3, -0.25) is 0 Å². The van der Waals surface area contributed by atoms with Crippen LogP contribution in [0.3, 0.4) is 0 Å². The average Bonchev–Trinajstić information content (AvgIpc) is 2.47. The number of ether oxygens (including phenoxy) is 2. The van der Waals surface area contributed by atoms with Gasteiger partial charge in [0.25, 0.3) is 0 Å². The molecule has 1 fully saturated rings. The van der Waals surface area contributed by atoms with E-state index in [-0.39, 0.29) is 23.3 Å². The molecule has 3 rings (SSSR count). The number of sulfonamides is 1. The number of nitrogens with zero attached hydrogens (tertiary/aromatic N) is 1. The molecule has 2 aliphatic rings. The molecule has 2 aliphatic heterocycles. The third-order valence-corrected chi connectivity index (χ3v) is 6.57. The van der Waals surface area contributed by atoms with Gasteiger partial charge in [0.2, 0.25) is 10.0 Å². The van der Waals surface area contributed by atoms with Crippen LogP contribution >= 0.6 is 28.3 Å². The van der Waals surface area contributed by atoms with Gasteiger partial charge in [-0.1, -0.05) is 0 Å². The van der Waals surface area contributed by atoms with Gasteiger partial charge in [0.1, 0.15) is 18.1 Å². The van der Waals surface area contributed by atoms with Crippen molar-refractivity contribution in [1.82, 2.24) is 4.31 Å². The molecule has 0 aromatic heterocycles. The maximum atomic E-state index is 12.8. The molecule has 0 atom stereocenters. The summed E-state index contributed by atoms with van der Waals surface area (Å²) in [6.45, 7) is 1.79. The van der Waals surface area contributed by atoms with Gasteiger partial charge in [0.15, 0.2) is 11.5 Å². The van der Waals surface area contributed by atoms with Crippen LogP contribution in [0.4, 0.5) is 0 Å². The van der Waals surface area contributed by atoms with E-state index in [1.54, 1.807) is 6.07 Å². The quantitative estimate of drug-likeness (QED) is 0.799. The van der Waals surface area contributed by atoms with Gasteiger partial charge in [-0.25, -0.2) is 8.42 Å². The predicted octanol–water partition coefficient (Wildman–Crippen LogP) is 1.75. The Bertz CT molecular complexity index is 648. The Morgan fingerprint density at radius 3 is 2.27 bits per heavy atom. The van der Waals surface area contributed by atoms with E-state index < -0.39 is 10.0 Å². The summed E-state index contributed by atoms with van der Waals surface area (Å²) in [5.41, 5.74) is 5.83. The molecule has 0 bridgehead atoms. The zero-order valence-electron chi connectivity index (χ0n) is 11.8. The Morgan fingerprint density at radius 1 is 1.14 bits per heavy atom. The van der Waals surface area contributed by atoms with Crippen molar-refractivity contribution in [2.75, 3.05) is 26.3 Å². The number of hydrogen-bond acceptors (Lipinski definition) is 5. The lowest BCUT2D eigenvalue weighted by Crippen LogP contribution is -2.42. The van der Waals surface area contributed by atoms with E-state index in [4.69, 9.17) is 15.2 Å². The smallest absolute Gasteiger partial charge is 0.244 e. The largest absolute Gasteiger partial charge is 0.486 e. The highest BCUT2D eigenvalue weighted by Gasteiger charge is 2.31. The fourth-order valence-corrected chi connectivity index (χ4v) is 4.97. The first-order valence-electron chi connectivity index (χ1n) is 6.83. The van der Waals surface area contributed by atoms with E-state index in [9.17, 15) is 8.42 Å². The average molecular weight is 414 g/mol. The first-order chi connectivity index (χ1) is 9.98. The summed E-state index contributed by atoms with van der Waals surface area (Å²) in [5, 5.41) is 0. The second-order valence-corrected chi connectivity index (χ2v) is 7.93. The zero-order valence-corrected chi connectivity index (χ0v) is 15.0. The summed E-state index contributed by atoms with van der Waals surface area (Å²) < 4.78 is 38.4. The molecule has 0 spiro atoms. The Hall–Kier alpha value is -0.540. The lowest BCUT2D eigenvalue weighted by Gasteiger charge is -2.30. The third kappa shape index (κ3) is 3.35. The maximum Gasteiger partial charge on any atom is 0.244 e. The number of rotatable bonds is 2. The highest BCUT2D eigenvalue weighted by atomic mass is 79.9. The van der Waals surface area contributed by atoms with Crippen LogP contribution in [0.15, 0.2) is 21.5 Å². The van der Waals surface area contributed by atoms with Gasteiger partial charge in [-0.2, -0.15) is 4.31 Å². The fourth-order valence-electron chi connectivity index (χ4n) is 2.50. The summed E-state index contributed by atoms with van der Waals surface area (Å²) in [5.74, 6) is 1.03. The second kappa shape index (κ2) is 6.92. The van der Waals surface area contributed by atoms with Crippen LogP contribution in [0.2, 0.25) is 0 Å². The van der Waals surface area contributed by atoms with Crippen LogP contribution in [-0.4, -0.2) is 45.1 Å². The zero-order chi connectivity index (χ0) is 15.0. The van der Waals surface area contributed by atoms with Crippen molar-refractivity contribution < 1.29 is 17.9 Å². The van der Waals surface area contributed by atoms with Crippen LogP contribution < -0.4 is 15.2 Å². The van der Waals surface area contributed by atoms with Crippen LogP contribution in [0.5, 0.6) is 11.5 Å². The minimum atomic E-state index is -3.55. The number of halogens is 2. The summed E-state index contributed by atoms with van der Waals surface area (Å²) in [7, 11) is -3.55.